The van der Waals surface area contributed by atoms with Crippen LogP contribution < -0.4 is 10.1 Å². The van der Waals surface area contributed by atoms with Gasteiger partial charge in [0, 0.05) is 25.7 Å². The third-order valence-corrected chi connectivity index (χ3v) is 7.03. The van der Waals surface area contributed by atoms with Crippen molar-refractivity contribution < 1.29 is 32.2 Å². The number of ether oxygens (including phenoxy) is 3. The minimum absolute atomic E-state index is 0.00483. The first kappa shape index (κ1) is 25.4. The normalized spacial score (nSPS) is 14.6. The molecule has 10 heteroatoms. The van der Waals surface area contributed by atoms with Crippen LogP contribution in [-0.4, -0.2) is 71.2 Å². The summed E-state index contributed by atoms with van der Waals surface area (Å²) < 4.78 is 42.8. The van der Waals surface area contributed by atoms with Crippen molar-refractivity contribution in [2.24, 2.45) is 0 Å². The number of amides is 1. The molecule has 0 aromatic heterocycles. The average molecular weight is 489 g/mol. The van der Waals surface area contributed by atoms with Gasteiger partial charge in [-0.15, -0.1) is 0 Å². The van der Waals surface area contributed by atoms with Crippen LogP contribution in [0, 0.1) is 0 Å². The van der Waals surface area contributed by atoms with Crippen LogP contribution in [0.15, 0.2) is 59.5 Å². The van der Waals surface area contributed by atoms with Gasteiger partial charge in [0.25, 0.3) is 5.91 Å². The summed E-state index contributed by atoms with van der Waals surface area (Å²) in [5.74, 6) is -0.911. The first-order valence-electron chi connectivity index (χ1n) is 10.8. The summed E-state index contributed by atoms with van der Waals surface area (Å²) in [6, 6.07) is 14.3. The Morgan fingerprint density at radius 1 is 1.12 bits per heavy atom. The molecule has 1 heterocycles. The van der Waals surface area contributed by atoms with Crippen molar-refractivity contribution in [1.29, 1.82) is 0 Å². The predicted molar refractivity (Wildman–Crippen MR) is 126 cm³/mol. The van der Waals surface area contributed by atoms with E-state index in [4.69, 9.17) is 14.2 Å². The van der Waals surface area contributed by atoms with E-state index in [-0.39, 0.29) is 23.7 Å². The smallest absolute Gasteiger partial charge is 0.331 e. The number of rotatable bonds is 10. The molecular formula is C24H28N2O7S. The lowest BCUT2D eigenvalue weighted by molar-refractivity contribution is -0.143. The van der Waals surface area contributed by atoms with E-state index in [0.29, 0.717) is 31.7 Å². The van der Waals surface area contributed by atoms with Crippen LogP contribution in [-0.2, 0) is 35.5 Å². The molecule has 1 N–H and O–H groups in total. The van der Waals surface area contributed by atoms with Crippen molar-refractivity contribution in [3.63, 3.8) is 0 Å². The van der Waals surface area contributed by atoms with Gasteiger partial charge < -0.3 is 19.5 Å². The number of hydrogen-bond acceptors (Lipinski definition) is 7. The van der Waals surface area contributed by atoms with Gasteiger partial charge >= 0.3 is 5.97 Å². The molecular weight excluding hydrogens is 460 g/mol. The highest BCUT2D eigenvalue weighted by molar-refractivity contribution is 7.89. The van der Waals surface area contributed by atoms with Crippen LogP contribution in [0.1, 0.15) is 11.1 Å². The summed E-state index contributed by atoms with van der Waals surface area (Å²) in [4.78, 5) is 23.9. The lowest BCUT2D eigenvalue weighted by atomic mass is 10.1. The monoisotopic (exact) mass is 488 g/mol. The molecule has 1 fully saturated rings. The van der Waals surface area contributed by atoms with Crippen LogP contribution in [0.3, 0.4) is 0 Å². The SMILES string of the molecule is COc1ccc(/C=C/C(=O)OCC(=O)NCCc2ccccc2)cc1S(=O)(=O)N1CCOCC1. The van der Waals surface area contributed by atoms with E-state index in [1.54, 1.807) is 6.07 Å². The summed E-state index contributed by atoms with van der Waals surface area (Å²) in [5.41, 5.74) is 1.56. The topological polar surface area (TPSA) is 111 Å². The molecule has 9 nitrogen and oxygen atoms in total. The van der Waals surface area contributed by atoms with Crippen molar-refractivity contribution in [2.45, 2.75) is 11.3 Å². The largest absolute Gasteiger partial charge is 0.495 e. The molecule has 1 saturated heterocycles. The van der Waals surface area contributed by atoms with Gasteiger partial charge in [0.2, 0.25) is 10.0 Å². The number of hydrogen-bond donors (Lipinski definition) is 1. The number of esters is 1. The zero-order valence-electron chi connectivity index (χ0n) is 18.9. The lowest BCUT2D eigenvalue weighted by Gasteiger charge is -2.26. The van der Waals surface area contributed by atoms with E-state index in [0.717, 1.165) is 11.6 Å². The third kappa shape index (κ3) is 7.14. The van der Waals surface area contributed by atoms with Crippen LogP contribution in [0.2, 0.25) is 0 Å². The van der Waals surface area contributed by atoms with Crippen LogP contribution >= 0.6 is 0 Å². The number of morpholine rings is 1. The van der Waals surface area contributed by atoms with E-state index in [1.165, 1.54) is 29.6 Å². The Balaban J connectivity index is 1.54. The Kier molecular flexibility index (Phi) is 9.20. The maximum Gasteiger partial charge on any atom is 0.331 e. The minimum Gasteiger partial charge on any atom is -0.495 e. The number of nitrogens with zero attached hydrogens (tertiary/aromatic N) is 1. The highest BCUT2D eigenvalue weighted by atomic mass is 32.2. The van der Waals surface area contributed by atoms with Gasteiger partial charge in [-0.1, -0.05) is 36.4 Å². The zero-order chi connectivity index (χ0) is 24.4. The summed E-state index contributed by atoms with van der Waals surface area (Å²) in [5, 5.41) is 2.69. The van der Waals surface area contributed by atoms with Crippen molar-refractivity contribution in [3.8, 4) is 5.75 Å². The van der Waals surface area contributed by atoms with Crippen molar-refractivity contribution >= 4 is 28.0 Å². The van der Waals surface area contributed by atoms with Crippen LogP contribution in [0.5, 0.6) is 5.75 Å². The molecule has 0 radical (unpaired) electrons. The Bertz CT molecular complexity index is 1110. The molecule has 0 aliphatic carbocycles. The zero-order valence-corrected chi connectivity index (χ0v) is 19.8. The molecule has 182 valence electrons. The van der Waals surface area contributed by atoms with E-state index in [2.05, 4.69) is 5.32 Å². The summed E-state index contributed by atoms with van der Waals surface area (Å²) in [6.07, 6.45) is 3.24. The van der Waals surface area contributed by atoms with Crippen LogP contribution in [0.25, 0.3) is 6.08 Å². The summed E-state index contributed by atoms with van der Waals surface area (Å²) >= 11 is 0. The van der Waals surface area contributed by atoms with Crippen molar-refractivity contribution in [2.75, 3.05) is 46.6 Å². The maximum atomic E-state index is 13.0. The second-order valence-electron chi connectivity index (χ2n) is 7.45. The Hall–Kier alpha value is -3.21. The summed E-state index contributed by atoms with van der Waals surface area (Å²) in [6.45, 7) is 1.19. The number of sulfonamides is 1. The standard InChI is InChI=1S/C24H28N2O7S/c1-31-21-9-7-20(17-22(21)34(29,30)26-13-15-32-16-14-26)8-10-24(28)33-18-23(27)25-12-11-19-5-3-2-4-6-19/h2-10,17H,11-16,18H2,1H3,(H,25,27)/b10-8+. The van der Waals surface area contributed by atoms with Gasteiger partial charge in [0.15, 0.2) is 6.61 Å². The highest BCUT2D eigenvalue weighted by Gasteiger charge is 2.29. The second-order valence-corrected chi connectivity index (χ2v) is 9.36. The quantitative estimate of drug-likeness (QED) is 0.400. The molecule has 2 aromatic rings. The second kappa shape index (κ2) is 12.3. The first-order valence-corrected chi connectivity index (χ1v) is 12.3. The number of methoxy groups -OCH3 is 1. The summed E-state index contributed by atoms with van der Waals surface area (Å²) in [7, 11) is -2.40. The van der Waals surface area contributed by atoms with E-state index >= 15 is 0 Å². The van der Waals surface area contributed by atoms with Crippen molar-refractivity contribution in [1.82, 2.24) is 9.62 Å². The van der Waals surface area contributed by atoms with E-state index in [1.807, 2.05) is 30.3 Å². The van der Waals surface area contributed by atoms with E-state index in [9.17, 15) is 18.0 Å². The maximum absolute atomic E-state index is 13.0. The molecule has 0 saturated carbocycles. The fourth-order valence-electron chi connectivity index (χ4n) is 3.32. The van der Waals surface area contributed by atoms with Gasteiger partial charge in [0.1, 0.15) is 10.6 Å². The van der Waals surface area contributed by atoms with Gasteiger partial charge in [-0.05, 0) is 35.8 Å². The van der Waals surface area contributed by atoms with Crippen molar-refractivity contribution in [3.05, 3.63) is 65.7 Å². The average Bonchev–Trinajstić information content (AvgIpc) is 2.87. The molecule has 3 rings (SSSR count). The minimum atomic E-state index is -3.79. The lowest BCUT2D eigenvalue weighted by Crippen LogP contribution is -2.40. The number of benzene rings is 2. The molecule has 1 aliphatic heterocycles. The molecule has 0 spiro atoms. The third-order valence-electron chi connectivity index (χ3n) is 5.11. The number of nitrogens with one attached hydrogen (secondary N) is 1. The Morgan fingerprint density at radius 3 is 2.56 bits per heavy atom. The van der Waals surface area contributed by atoms with Gasteiger partial charge in [-0.2, -0.15) is 4.31 Å². The van der Waals surface area contributed by atoms with Gasteiger partial charge in [0.05, 0.1) is 20.3 Å². The molecule has 0 atom stereocenters. The molecule has 0 bridgehead atoms. The molecule has 34 heavy (non-hydrogen) atoms. The first-order chi connectivity index (χ1) is 16.4. The predicted octanol–water partition coefficient (Wildman–Crippen LogP) is 1.63. The van der Waals surface area contributed by atoms with Crippen LogP contribution in [0.4, 0.5) is 0 Å². The molecule has 2 aromatic carbocycles. The Morgan fingerprint density at radius 2 is 1.85 bits per heavy atom. The molecule has 1 aliphatic rings. The number of carbonyl (C=O) groups excluding carboxylic acids is 2. The fourth-order valence-corrected chi connectivity index (χ4v) is 4.91. The Labute approximate surface area is 199 Å². The highest BCUT2D eigenvalue weighted by Crippen LogP contribution is 2.28. The molecule has 1 amide bonds. The van der Waals surface area contributed by atoms with Gasteiger partial charge in [-0.3, -0.25) is 4.79 Å². The number of carbonyl (C=O) groups is 2. The van der Waals surface area contributed by atoms with E-state index < -0.39 is 28.5 Å². The van der Waals surface area contributed by atoms with Gasteiger partial charge in [-0.25, -0.2) is 13.2 Å². The fraction of sp³-hybridized carbons (Fsp3) is 0.333. The molecule has 0 unspecified atom stereocenters.